The third-order valence-electron chi connectivity index (χ3n) is 1.07. The standard InChI is InChI=1S/C6H4ClN3O/c1-11-6-4(2-8)5(7)9-3-10-6/h3H,1H3. The van der Waals surface area contributed by atoms with E-state index in [2.05, 4.69) is 9.97 Å². The Balaban J connectivity index is 3.27. The lowest BCUT2D eigenvalue weighted by atomic mass is 10.4. The van der Waals surface area contributed by atoms with Crippen molar-refractivity contribution in [1.82, 2.24) is 9.97 Å². The Bertz CT molecular complexity index is 307. The molecule has 0 spiro atoms. The molecular formula is C6H4ClN3O. The van der Waals surface area contributed by atoms with Crippen LogP contribution in [0, 0.1) is 11.3 Å². The molecule has 0 aromatic carbocycles. The van der Waals surface area contributed by atoms with Crippen molar-refractivity contribution < 1.29 is 4.74 Å². The van der Waals surface area contributed by atoms with Gasteiger partial charge in [0.2, 0.25) is 5.88 Å². The number of nitrogens with zero attached hydrogens (tertiary/aromatic N) is 3. The van der Waals surface area contributed by atoms with Crippen molar-refractivity contribution in [2.75, 3.05) is 7.11 Å². The number of ether oxygens (including phenoxy) is 1. The molecule has 1 aromatic rings. The first-order valence-electron chi connectivity index (χ1n) is 2.74. The molecule has 0 N–H and O–H groups in total. The molecule has 0 aliphatic rings. The minimum atomic E-state index is 0.111. The second-order valence-electron chi connectivity index (χ2n) is 1.66. The molecule has 1 rings (SSSR count). The molecule has 5 heteroatoms. The fraction of sp³-hybridized carbons (Fsp3) is 0.167. The van der Waals surface area contributed by atoms with E-state index in [1.54, 1.807) is 0 Å². The van der Waals surface area contributed by atoms with Crippen LogP contribution in [-0.2, 0) is 0 Å². The van der Waals surface area contributed by atoms with E-state index in [1.165, 1.54) is 13.4 Å². The highest BCUT2D eigenvalue weighted by Gasteiger charge is 2.07. The first kappa shape index (κ1) is 7.76. The summed E-state index contributed by atoms with van der Waals surface area (Å²) in [5.74, 6) is 0.201. The van der Waals surface area contributed by atoms with E-state index >= 15 is 0 Å². The molecule has 0 aliphatic carbocycles. The van der Waals surface area contributed by atoms with Crippen LogP contribution in [0.25, 0.3) is 0 Å². The fourth-order valence-corrected chi connectivity index (χ4v) is 0.765. The summed E-state index contributed by atoms with van der Waals surface area (Å²) in [4.78, 5) is 7.30. The van der Waals surface area contributed by atoms with E-state index in [4.69, 9.17) is 21.6 Å². The van der Waals surface area contributed by atoms with Gasteiger partial charge < -0.3 is 4.74 Å². The van der Waals surface area contributed by atoms with Gasteiger partial charge in [-0.05, 0) is 0 Å². The molecule has 0 radical (unpaired) electrons. The minimum Gasteiger partial charge on any atom is -0.480 e. The van der Waals surface area contributed by atoms with Gasteiger partial charge in [0.05, 0.1) is 7.11 Å². The van der Waals surface area contributed by atoms with E-state index in [1.807, 2.05) is 6.07 Å². The lowest BCUT2D eigenvalue weighted by Gasteiger charge is -1.99. The number of hydrogen-bond donors (Lipinski definition) is 0. The maximum atomic E-state index is 8.54. The maximum Gasteiger partial charge on any atom is 0.236 e. The van der Waals surface area contributed by atoms with Crippen LogP contribution < -0.4 is 4.74 Å². The van der Waals surface area contributed by atoms with Crippen LogP contribution in [0.3, 0.4) is 0 Å². The van der Waals surface area contributed by atoms with Gasteiger partial charge in [0.1, 0.15) is 12.4 Å². The summed E-state index contributed by atoms with van der Waals surface area (Å²) in [7, 11) is 1.42. The summed E-state index contributed by atoms with van der Waals surface area (Å²) in [5, 5.41) is 8.65. The topological polar surface area (TPSA) is 58.8 Å². The van der Waals surface area contributed by atoms with E-state index < -0.39 is 0 Å². The molecule has 0 bridgehead atoms. The Hall–Kier alpha value is -1.34. The van der Waals surface area contributed by atoms with Gasteiger partial charge in [0.25, 0.3) is 0 Å². The molecule has 0 atom stereocenters. The lowest BCUT2D eigenvalue weighted by molar-refractivity contribution is 0.395. The quantitative estimate of drug-likeness (QED) is 0.589. The third kappa shape index (κ3) is 1.38. The van der Waals surface area contributed by atoms with Gasteiger partial charge in [-0.2, -0.15) is 5.26 Å². The molecule has 0 fully saturated rings. The van der Waals surface area contributed by atoms with Crippen LogP contribution in [0.5, 0.6) is 5.88 Å². The van der Waals surface area contributed by atoms with Crippen molar-refractivity contribution in [3.8, 4) is 11.9 Å². The molecule has 56 valence electrons. The largest absolute Gasteiger partial charge is 0.480 e. The van der Waals surface area contributed by atoms with Gasteiger partial charge in [-0.1, -0.05) is 11.6 Å². The summed E-state index contributed by atoms with van der Waals surface area (Å²) in [5.41, 5.74) is 0.164. The lowest BCUT2D eigenvalue weighted by Crippen LogP contribution is -1.93. The number of nitriles is 1. The van der Waals surface area contributed by atoms with Crippen molar-refractivity contribution in [2.24, 2.45) is 0 Å². The van der Waals surface area contributed by atoms with Crippen LogP contribution in [-0.4, -0.2) is 17.1 Å². The monoisotopic (exact) mass is 169 g/mol. The molecule has 11 heavy (non-hydrogen) atoms. The first-order valence-corrected chi connectivity index (χ1v) is 3.12. The molecule has 0 aliphatic heterocycles. The Morgan fingerprint density at radius 2 is 2.36 bits per heavy atom. The van der Waals surface area contributed by atoms with Gasteiger partial charge in [0, 0.05) is 0 Å². The first-order chi connectivity index (χ1) is 5.29. The summed E-state index contributed by atoms with van der Waals surface area (Å²) < 4.78 is 4.76. The van der Waals surface area contributed by atoms with E-state index in [9.17, 15) is 0 Å². The van der Waals surface area contributed by atoms with Gasteiger partial charge in [-0.15, -0.1) is 0 Å². The summed E-state index contributed by atoms with van der Waals surface area (Å²) in [6.45, 7) is 0. The van der Waals surface area contributed by atoms with Gasteiger partial charge >= 0.3 is 0 Å². The van der Waals surface area contributed by atoms with Crippen molar-refractivity contribution >= 4 is 11.6 Å². The summed E-state index contributed by atoms with van der Waals surface area (Å²) >= 11 is 5.55. The third-order valence-corrected chi connectivity index (χ3v) is 1.36. The zero-order chi connectivity index (χ0) is 8.27. The number of aromatic nitrogens is 2. The molecule has 0 amide bonds. The van der Waals surface area contributed by atoms with Crippen molar-refractivity contribution in [2.45, 2.75) is 0 Å². The van der Waals surface area contributed by atoms with Crippen LogP contribution in [0.4, 0.5) is 0 Å². The predicted octanol–water partition coefficient (Wildman–Crippen LogP) is 1.01. The molecule has 4 nitrogen and oxygen atoms in total. The highest BCUT2D eigenvalue weighted by molar-refractivity contribution is 6.30. The minimum absolute atomic E-state index is 0.111. The van der Waals surface area contributed by atoms with Crippen molar-refractivity contribution in [3.63, 3.8) is 0 Å². The Morgan fingerprint density at radius 3 is 2.82 bits per heavy atom. The molecule has 0 saturated carbocycles. The van der Waals surface area contributed by atoms with Crippen molar-refractivity contribution in [1.29, 1.82) is 5.26 Å². The van der Waals surface area contributed by atoms with E-state index in [0.717, 1.165) is 0 Å². The normalized spacial score (nSPS) is 8.82. The van der Waals surface area contributed by atoms with Gasteiger partial charge in [0.15, 0.2) is 10.7 Å². The van der Waals surface area contributed by atoms with Gasteiger partial charge in [-0.25, -0.2) is 9.97 Å². The second kappa shape index (κ2) is 3.17. The molecule has 1 aromatic heterocycles. The zero-order valence-electron chi connectivity index (χ0n) is 5.71. The average molecular weight is 170 g/mol. The van der Waals surface area contributed by atoms with Crippen LogP contribution >= 0.6 is 11.6 Å². The van der Waals surface area contributed by atoms with E-state index in [0.29, 0.717) is 0 Å². The molecule has 0 unspecified atom stereocenters. The Kier molecular flexibility index (Phi) is 2.24. The van der Waals surface area contributed by atoms with Gasteiger partial charge in [-0.3, -0.25) is 0 Å². The van der Waals surface area contributed by atoms with Crippen molar-refractivity contribution in [3.05, 3.63) is 17.0 Å². The zero-order valence-corrected chi connectivity index (χ0v) is 6.46. The van der Waals surface area contributed by atoms with Crippen LogP contribution in [0.1, 0.15) is 5.56 Å². The number of methoxy groups -OCH3 is 1. The predicted molar refractivity (Wildman–Crippen MR) is 38.3 cm³/mol. The van der Waals surface area contributed by atoms with Crippen LogP contribution in [0.15, 0.2) is 6.33 Å². The Labute approximate surface area is 68.4 Å². The Morgan fingerprint density at radius 1 is 1.64 bits per heavy atom. The molecular weight excluding hydrogens is 166 g/mol. The number of rotatable bonds is 1. The van der Waals surface area contributed by atoms with Crippen LogP contribution in [0.2, 0.25) is 5.15 Å². The summed E-state index contributed by atoms with van der Waals surface area (Å²) in [6.07, 6.45) is 1.24. The smallest absolute Gasteiger partial charge is 0.236 e. The SMILES string of the molecule is COc1ncnc(Cl)c1C#N. The molecule has 1 heterocycles. The second-order valence-corrected chi connectivity index (χ2v) is 2.02. The number of halogens is 1. The highest BCUT2D eigenvalue weighted by Crippen LogP contribution is 2.19. The summed E-state index contributed by atoms with van der Waals surface area (Å²) in [6, 6.07) is 1.83. The van der Waals surface area contributed by atoms with E-state index in [-0.39, 0.29) is 16.6 Å². The maximum absolute atomic E-state index is 8.54. The average Bonchev–Trinajstić information content (AvgIpc) is 2.04. The molecule has 0 saturated heterocycles. The number of hydrogen-bond acceptors (Lipinski definition) is 4. The highest BCUT2D eigenvalue weighted by atomic mass is 35.5. The fourth-order valence-electron chi connectivity index (χ4n) is 0.598.